The third-order valence-electron chi connectivity index (χ3n) is 3.54. The normalized spacial score (nSPS) is 16.0. The molecule has 0 aliphatic carbocycles. The molecule has 3 rings (SSSR count). The van der Waals surface area contributed by atoms with Gasteiger partial charge in [0.15, 0.2) is 5.16 Å². The Balaban J connectivity index is 1.68. The van der Waals surface area contributed by atoms with Crippen LogP contribution in [0, 0.1) is 5.82 Å². The number of rotatable bonds is 4. The first-order valence-electron chi connectivity index (χ1n) is 7.39. The minimum absolute atomic E-state index is 0.0595. The monoisotopic (exact) mass is 365 g/mol. The molecule has 2 aromatic rings. The lowest BCUT2D eigenvalue weighted by atomic mass is 10.2. The Hall–Kier alpha value is -1.80. The molecule has 1 aliphatic rings. The summed E-state index contributed by atoms with van der Waals surface area (Å²) in [7, 11) is 1.67. The van der Waals surface area contributed by atoms with E-state index in [0.717, 1.165) is 12.1 Å². The number of carbonyl (C=O) groups excluding carboxylic acids is 1. The summed E-state index contributed by atoms with van der Waals surface area (Å²) in [4.78, 5) is 29.6. The third-order valence-corrected chi connectivity index (χ3v) is 5.78. The molecule has 1 aromatic heterocycles. The molecule has 24 heavy (non-hydrogen) atoms. The Morgan fingerprint density at radius 3 is 2.88 bits per heavy atom. The van der Waals surface area contributed by atoms with Gasteiger partial charge in [0.05, 0.1) is 16.3 Å². The standard InChI is InChI=1S/C16H16FN3O2S2/c1-9-7-12-14(24-9)15(22)20(2)16(19-12)23-8-13(21)18-11-5-3-10(17)4-6-11/h3-6,9H,7-8H2,1-2H3,(H,18,21)/t9-/m1/s1. The highest BCUT2D eigenvalue weighted by Crippen LogP contribution is 2.33. The van der Waals surface area contributed by atoms with Crippen molar-refractivity contribution in [2.45, 2.75) is 28.6 Å². The van der Waals surface area contributed by atoms with Crippen molar-refractivity contribution in [3.8, 4) is 0 Å². The fourth-order valence-electron chi connectivity index (χ4n) is 2.37. The zero-order chi connectivity index (χ0) is 17.3. The molecular weight excluding hydrogens is 349 g/mol. The van der Waals surface area contributed by atoms with E-state index in [0.29, 0.717) is 21.0 Å². The van der Waals surface area contributed by atoms with Gasteiger partial charge in [-0.2, -0.15) is 0 Å². The van der Waals surface area contributed by atoms with E-state index in [1.54, 1.807) is 18.8 Å². The molecule has 0 fully saturated rings. The van der Waals surface area contributed by atoms with E-state index in [9.17, 15) is 14.0 Å². The number of hydrogen-bond acceptors (Lipinski definition) is 5. The van der Waals surface area contributed by atoms with Gasteiger partial charge in [-0.1, -0.05) is 18.7 Å². The summed E-state index contributed by atoms with van der Waals surface area (Å²) in [6.07, 6.45) is 0.769. The maximum absolute atomic E-state index is 12.9. The van der Waals surface area contributed by atoms with Crippen LogP contribution >= 0.6 is 23.5 Å². The average molecular weight is 365 g/mol. The molecule has 0 saturated carbocycles. The molecule has 0 saturated heterocycles. The van der Waals surface area contributed by atoms with Crippen molar-refractivity contribution in [1.29, 1.82) is 0 Å². The van der Waals surface area contributed by atoms with E-state index in [4.69, 9.17) is 0 Å². The second-order valence-electron chi connectivity index (χ2n) is 5.51. The Labute approximate surface area is 147 Å². The SMILES string of the molecule is C[C@@H]1Cc2nc(SCC(=O)Nc3ccc(F)cc3)n(C)c(=O)c2S1. The number of carbonyl (C=O) groups is 1. The largest absolute Gasteiger partial charge is 0.325 e. The predicted octanol–water partition coefficient (Wildman–Crippen LogP) is 2.69. The molecule has 1 atom stereocenters. The van der Waals surface area contributed by atoms with Crippen LogP contribution in [0.2, 0.25) is 0 Å². The summed E-state index contributed by atoms with van der Waals surface area (Å²) in [5, 5.41) is 3.57. The van der Waals surface area contributed by atoms with Gasteiger partial charge in [0.1, 0.15) is 5.82 Å². The highest BCUT2D eigenvalue weighted by molar-refractivity contribution is 8.00. The van der Waals surface area contributed by atoms with Crippen molar-refractivity contribution < 1.29 is 9.18 Å². The van der Waals surface area contributed by atoms with Gasteiger partial charge in [0.2, 0.25) is 5.91 Å². The zero-order valence-electron chi connectivity index (χ0n) is 13.2. The molecule has 0 spiro atoms. The lowest BCUT2D eigenvalue weighted by Crippen LogP contribution is -2.23. The number of aromatic nitrogens is 2. The lowest BCUT2D eigenvalue weighted by molar-refractivity contribution is -0.113. The predicted molar refractivity (Wildman–Crippen MR) is 94.3 cm³/mol. The van der Waals surface area contributed by atoms with Gasteiger partial charge >= 0.3 is 0 Å². The first-order valence-corrected chi connectivity index (χ1v) is 9.25. The Kier molecular flexibility index (Phi) is 4.96. The minimum atomic E-state index is -0.355. The van der Waals surface area contributed by atoms with Crippen LogP contribution in [0.25, 0.3) is 0 Å². The maximum Gasteiger partial charge on any atom is 0.267 e. The van der Waals surface area contributed by atoms with Crippen molar-refractivity contribution >= 4 is 35.1 Å². The van der Waals surface area contributed by atoms with Gasteiger partial charge in [0, 0.05) is 24.4 Å². The Bertz CT molecular complexity index is 836. The van der Waals surface area contributed by atoms with Gasteiger partial charge in [-0.15, -0.1) is 11.8 Å². The number of thioether (sulfide) groups is 2. The molecule has 126 valence electrons. The summed E-state index contributed by atoms with van der Waals surface area (Å²) in [6.45, 7) is 2.06. The topological polar surface area (TPSA) is 64.0 Å². The van der Waals surface area contributed by atoms with Crippen LogP contribution in [-0.2, 0) is 18.3 Å². The summed E-state index contributed by atoms with van der Waals surface area (Å²) in [6, 6.07) is 5.57. The van der Waals surface area contributed by atoms with E-state index in [1.165, 1.54) is 40.6 Å². The highest BCUT2D eigenvalue weighted by Gasteiger charge is 2.25. The van der Waals surface area contributed by atoms with Crippen molar-refractivity contribution in [2.24, 2.45) is 7.05 Å². The second kappa shape index (κ2) is 6.98. The van der Waals surface area contributed by atoms with Crippen molar-refractivity contribution in [3.05, 3.63) is 46.1 Å². The molecule has 8 heteroatoms. The fraction of sp³-hybridized carbons (Fsp3) is 0.312. The molecule has 2 heterocycles. The maximum atomic E-state index is 12.9. The van der Waals surface area contributed by atoms with Crippen LogP contribution in [0.5, 0.6) is 0 Å². The number of anilines is 1. The number of hydrogen-bond donors (Lipinski definition) is 1. The molecule has 1 aliphatic heterocycles. The van der Waals surface area contributed by atoms with E-state index in [-0.39, 0.29) is 23.0 Å². The van der Waals surface area contributed by atoms with Crippen LogP contribution in [0.3, 0.4) is 0 Å². The number of fused-ring (bicyclic) bond motifs is 1. The average Bonchev–Trinajstić information content (AvgIpc) is 2.92. The summed E-state index contributed by atoms with van der Waals surface area (Å²) >= 11 is 2.77. The second-order valence-corrected chi connectivity index (χ2v) is 7.90. The van der Waals surface area contributed by atoms with Crippen molar-refractivity contribution in [3.63, 3.8) is 0 Å². The molecule has 0 unspecified atom stereocenters. The molecule has 0 radical (unpaired) electrons. The number of halogens is 1. The molecular formula is C16H16FN3O2S2. The van der Waals surface area contributed by atoms with E-state index in [1.807, 2.05) is 0 Å². The van der Waals surface area contributed by atoms with Crippen LogP contribution in [0.4, 0.5) is 10.1 Å². The zero-order valence-corrected chi connectivity index (χ0v) is 14.8. The van der Waals surface area contributed by atoms with Gasteiger partial charge in [-0.3, -0.25) is 14.2 Å². The summed E-state index contributed by atoms with van der Waals surface area (Å²) in [5.41, 5.74) is 1.29. The van der Waals surface area contributed by atoms with Crippen LogP contribution in [0.15, 0.2) is 39.1 Å². The van der Waals surface area contributed by atoms with Crippen molar-refractivity contribution in [2.75, 3.05) is 11.1 Å². The number of nitrogens with one attached hydrogen (secondary N) is 1. The molecule has 5 nitrogen and oxygen atoms in total. The Morgan fingerprint density at radius 2 is 2.17 bits per heavy atom. The van der Waals surface area contributed by atoms with Gasteiger partial charge in [-0.05, 0) is 24.3 Å². The number of amides is 1. The fourth-order valence-corrected chi connectivity index (χ4v) is 4.30. The first-order chi connectivity index (χ1) is 11.4. The van der Waals surface area contributed by atoms with E-state index >= 15 is 0 Å². The number of nitrogens with zero attached hydrogens (tertiary/aromatic N) is 2. The van der Waals surface area contributed by atoms with Crippen LogP contribution < -0.4 is 10.9 Å². The molecule has 0 bridgehead atoms. The molecule has 1 aromatic carbocycles. The van der Waals surface area contributed by atoms with Gasteiger partial charge in [-0.25, -0.2) is 9.37 Å². The smallest absolute Gasteiger partial charge is 0.267 e. The highest BCUT2D eigenvalue weighted by atomic mass is 32.2. The molecule has 1 N–H and O–H groups in total. The van der Waals surface area contributed by atoms with Crippen LogP contribution in [-0.4, -0.2) is 26.5 Å². The number of benzene rings is 1. The quantitative estimate of drug-likeness (QED) is 0.667. The van der Waals surface area contributed by atoms with Crippen LogP contribution in [0.1, 0.15) is 12.6 Å². The first kappa shape index (κ1) is 17.0. The molecule has 1 amide bonds. The van der Waals surface area contributed by atoms with E-state index < -0.39 is 0 Å². The van der Waals surface area contributed by atoms with Crippen molar-refractivity contribution in [1.82, 2.24) is 9.55 Å². The van der Waals surface area contributed by atoms with Gasteiger partial charge in [0.25, 0.3) is 5.56 Å². The van der Waals surface area contributed by atoms with E-state index in [2.05, 4.69) is 17.2 Å². The Morgan fingerprint density at radius 1 is 1.46 bits per heavy atom. The minimum Gasteiger partial charge on any atom is -0.325 e. The summed E-state index contributed by atoms with van der Waals surface area (Å²) < 4.78 is 14.3. The third kappa shape index (κ3) is 3.64. The summed E-state index contributed by atoms with van der Waals surface area (Å²) in [5.74, 6) is -0.463. The van der Waals surface area contributed by atoms with Gasteiger partial charge < -0.3 is 5.32 Å². The lowest BCUT2D eigenvalue weighted by Gasteiger charge is -2.09.